The molecule has 1 aliphatic rings. The predicted molar refractivity (Wildman–Crippen MR) is 69.5 cm³/mol. The van der Waals surface area contributed by atoms with E-state index in [-0.39, 0.29) is 11.6 Å². The van der Waals surface area contributed by atoms with Crippen molar-refractivity contribution in [2.24, 2.45) is 11.8 Å². The Bertz CT molecular complexity index is 459. The number of aromatic nitrogens is 2. The summed E-state index contributed by atoms with van der Waals surface area (Å²) in [4.78, 5) is 16.2. The summed E-state index contributed by atoms with van der Waals surface area (Å²) in [5.74, 6) is 2.07. The minimum absolute atomic E-state index is 0.0196. The van der Waals surface area contributed by atoms with Crippen LogP contribution >= 0.6 is 11.6 Å². The largest absolute Gasteiger partial charge is 0.294 e. The van der Waals surface area contributed by atoms with E-state index in [9.17, 15) is 4.79 Å². The molecule has 1 aliphatic carbocycles. The minimum atomic E-state index is -0.0196. The van der Waals surface area contributed by atoms with Crippen molar-refractivity contribution in [2.75, 3.05) is 0 Å². The Morgan fingerprint density at radius 2 is 1.88 bits per heavy atom. The van der Waals surface area contributed by atoms with Crippen LogP contribution in [0.2, 0.25) is 5.15 Å². The molecule has 0 saturated heterocycles. The summed E-state index contributed by atoms with van der Waals surface area (Å²) in [5, 5.41) is 0.292. The molecule has 0 N–H and O–H groups in total. The van der Waals surface area contributed by atoms with Crippen LogP contribution in [0.5, 0.6) is 0 Å². The van der Waals surface area contributed by atoms with Crippen molar-refractivity contribution in [3.8, 4) is 0 Å². The van der Waals surface area contributed by atoms with E-state index >= 15 is 0 Å². The molecule has 2 atom stereocenters. The highest BCUT2D eigenvalue weighted by Crippen LogP contribution is 2.35. The third-order valence-electron chi connectivity index (χ3n) is 3.62. The Hall–Kier alpha value is -0.830. The van der Waals surface area contributed by atoms with Gasteiger partial charge in [-0.1, -0.05) is 25.4 Å². The maximum atomic E-state index is 12.0. The van der Waals surface area contributed by atoms with Crippen molar-refractivity contribution in [3.05, 3.63) is 27.4 Å². The van der Waals surface area contributed by atoms with Gasteiger partial charge in [-0.25, -0.2) is 4.98 Å². The van der Waals surface area contributed by atoms with Crippen LogP contribution in [0.4, 0.5) is 0 Å². The van der Waals surface area contributed by atoms with Crippen LogP contribution in [0.1, 0.15) is 45.0 Å². The first-order chi connectivity index (χ1) is 7.97. The molecule has 2 unspecified atom stereocenters. The summed E-state index contributed by atoms with van der Waals surface area (Å²) in [7, 11) is 0. The highest BCUT2D eigenvalue weighted by Gasteiger charge is 2.26. The van der Waals surface area contributed by atoms with E-state index in [1.54, 1.807) is 0 Å². The molecule has 17 heavy (non-hydrogen) atoms. The molecule has 0 amide bonds. The quantitative estimate of drug-likeness (QED) is 0.722. The Morgan fingerprint density at radius 3 is 2.41 bits per heavy atom. The van der Waals surface area contributed by atoms with Crippen molar-refractivity contribution in [1.82, 2.24) is 9.55 Å². The molecule has 0 radical (unpaired) electrons. The van der Waals surface area contributed by atoms with Gasteiger partial charge in [0.25, 0.3) is 5.56 Å². The molecule has 1 heterocycles. The first kappa shape index (κ1) is 12.6. The zero-order valence-electron chi connectivity index (χ0n) is 10.6. The molecule has 1 aromatic rings. The van der Waals surface area contributed by atoms with Crippen LogP contribution in [0.25, 0.3) is 0 Å². The first-order valence-electron chi connectivity index (χ1n) is 6.23. The van der Waals surface area contributed by atoms with Gasteiger partial charge in [-0.05, 0) is 38.0 Å². The normalized spacial score (nSPS) is 29.3. The van der Waals surface area contributed by atoms with E-state index in [0.29, 0.717) is 17.0 Å². The van der Waals surface area contributed by atoms with Gasteiger partial charge in [0, 0.05) is 12.1 Å². The van der Waals surface area contributed by atoms with Gasteiger partial charge in [0.2, 0.25) is 0 Å². The Morgan fingerprint density at radius 1 is 1.29 bits per heavy atom. The highest BCUT2D eigenvalue weighted by molar-refractivity contribution is 6.29. The number of aryl methyl sites for hydroxylation is 1. The molecule has 2 rings (SSSR count). The van der Waals surface area contributed by atoms with Gasteiger partial charge in [0.15, 0.2) is 0 Å². The fraction of sp³-hybridized carbons (Fsp3) is 0.692. The summed E-state index contributed by atoms with van der Waals surface area (Å²) in [6.45, 7) is 6.37. The molecule has 0 aromatic carbocycles. The van der Waals surface area contributed by atoms with Crippen LogP contribution < -0.4 is 5.56 Å². The van der Waals surface area contributed by atoms with Gasteiger partial charge < -0.3 is 0 Å². The van der Waals surface area contributed by atoms with Crippen molar-refractivity contribution < 1.29 is 0 Å². The number of halogens is 1. The SMILES string of the molecule is Cc1nc(Cl)cc(=O)n1C1CC(C)CC(C)C1. The van der Waals surface area contributed by atoms with Crippen molar-refractivity contribution in [2.45, 2.75) is 46.1 Å². The number of rotatable bonds is 1. The lowest BCUT2D eigenvalue weighted by Gasteiger charge is -2.33. The lowest BCUT2D eigenvalue weighted by Crippen LogP contribution is -2.32. The second-order valence-corrected chi connectivity index (χ2v) is 5.79. The van der Waals surface area contributed by atoms with E-state index in [0.717, 1.165) is 18.7 Å². The molecular formula is C13H19ClN2O. The zero-order valence-corrected chi connectivity index (χ0v) is 11.4. The molecule has 94 valence electrons. The van der Waals surface area contributed by atoms with Gasteiger partial charge >= 0.3 is 0 Å². The molecule has 1 aromatic heterocycles. The summed E-state index contributed by atoms with van der Waals surface area (Å²) in [6, 6.07) is 1.70. The number of hydrogen-bond donors (Lipinski definition) is 0. The van der Waals surface area contributed by atoms with Gasteiger partial charge in [-0.15, -0.1) is 0 Å². The average molecular weight is 255 g/mol. The second-order valence-electron chi connectivity index (χ2n) is 5.41. The fourth-order valence-corrected chi connectivity index (χ4v) is 3.35. The monoisotopic (exact) mass is 254 g/mol. The third-order valence-corrected chi connectivity index (χ3v) is 3.81. The lowest BCUT2D eigenvalue weighted by atomic mass is 9.80. The molecule has 1 saturated carbocycles. The Kier molecular flexibility index (Phi) is 3.57. The Balaban J connectivity index is 2.37. The standard InChI is InChI=1S/C13H19ClN2O/c1-8-4-9(2)6-11(5-8)16-10(3)15-12(14)7-13(16)17/h7-9,11H,4-6H2,1-3H3. The minimum Gasteiger partial charge on any atom is -0.294 e. The fourth-order valence-electron chi connectivity index (χ4n) is 3.13. The molecule has 3 nitrogen and oxygen atoms in total. The van der Waals surface area contributed by atoms with E-state index in [1.165, 1.54) is 12.5 Å². The summed E-state index contributed by atoms with van der Waals surface area (Å²) >= 11 is 5.79. The molecule has 0 bridgehead atoms. The second kappa shape index (κ2) is 4.81. The molecular weight excluding hydrogens is 236 g/mol. The molecule has 0 aliphatic heterocycles. The van der Waals surface area contributed by atoms with Gasteiger partial charge in [0.05, 0.1) is 0 Å². The van der Waals surface area contributed by atoms with Crippen LogP contribution in [-0.2, 0) is 0 Å². The van der Waals surface area contributed by atoms with E-state index in [2.05, 4.69) is 18.8 Å². The summed E-state index contributed by atoms with van der Waals surface area (Å²) in [5.41, 5.74) is -0.0196. The van der Waals surface area contributed by atoms with Crippen LogP contribution in [0, 0.1) is 18.8 Å². The van der Waals surface area contributed by atoms with Gasteiger partial charge in [-0.2, -0.15) is 0 Å². The van der Waals surface area contributed by atoms with E-state index < -0.39 is 0 Å². The maximum Gasteiger partial charge on any atom is 0.255 e. The molecule has 0 spiro atoms. The highest BCUT2D eigenvalue weighted by atomic mass is 35.5. The number of nitrogens with zero attached hydrogens (tertiary/aromatic N) is 2. The predicted octanol–water partition coefficient (Wildman–Crippen LogP) is 3.20. The van der Waals surface area contributed by atoms with Crippen LogP contribution in [-0.4, -0.2) is 9.55 Å². The maximum absolute atomic E-state index is 12.0. The lowest BCUT2D eigenvalue weighted by molar-refractivity contribution is 0.214. The average Bonchev–Trinajstić information content (AvgIpc) is 2.13. The smallest absolute Gasteiger partial charge is 0.255 e. The van der Waals surface area contributed by atoms with E-state index in [1.807, 2.05) is 11.5 Å². The van der Waals surface area contributed by atoms with Gasteiger partial charge in [-0.3, -0.25) is 9.36 Å². The van der Waals surface area contributed by atoms with Crippen LogP contribution in [0.15, 0.2) is 10.9 Å². The van der Waals surface area contributed by atoms with Crippen LogP contribution in [0.3, 0.4) is 0 Å². The summed E-state index contributed by atoms with van der Waals surface area (Å²) in [6.07, 6.45) is 3.38. The Labute approximate surface area is 107 Å². The van der Waals surface area contributed by atoms with Crippen molar-refractivity contribution in [3.63, 3.8) is 0 Å². The zero-order chi connectivity index (χ0) is 12.6. The molecule has 1 fully saturated rings. The van der Waals surface area contributed by atoms with Crippen molar-refractivity contribution >= 4 is 11.6 Å². The van der Waals surface area contributed by atoms with E-state index in [4.69, 9.17) is 11.6 Å². The first-order valence-corrected chi connectivity index (χ1v) is 6.61. The van der Waals surface area contributed by atoms with Crippen molar-refractivity contribution in [1.29, 1.82) is 0 Å². The number of hydrogen-bond acceptors (Lipinski definition) is 2. The third kappa shape index (κ3) is 2.71. The molecule has 4 heteroatoms. The van der Waals surface area contributed by atoms with Gasteiger partial charge in [0.1, 0.15) is 11.0 Å². The summed E-state index contributed by atoms with van der Waals surface area (Å²) < 4.78 is 1.82. The topological polar surface area (TPSA) is 34.9 Å².